The summed E-state index contributed by atoms with van der Waals surface area (Å²) >= 11 is 0. The van der Waals surface area contributed by atoms with Crippen LogP contribution >= 0.6 is 0 Å². The lowest BCUT2D eigenvalue weighted by Crippen LogP contribution is -2.60. The minimum Gasteiger partial charge on any atom is -0.463 e. The van der Waals surface area contributed by atoms with Gasteiger partial charge in [-0.3, -0.25) is 33.7 Å². The number of para-hydroxylation sites is 1. The van der Waals surface area contributed by atoms with Gasteiger partial charge in [0.15, 0.2) is 24.5 Å². The molecule has 1 aromatic carbocycles. The Bertz CT molecular complexity index is 2060. The van der Waals surface area contributed by atoms with Crippen molar-refractivity contribution in [3.05, 3.63) is 66.1 Å². The summed E-state index contributed by atoms with van der Waals surface area (Å²) in [5, 5.41) is 1.17. The molecule has 1 fully saturated rings. The zero-order chi connectivity index (χ0) is 35.1. The lowest BCUT2D eigenvalue weighted by molar-refractivity contribution is -0.267. The molecule has 15 heteroatoms. The highest BCUT2D eigenvalue weighted by atomic mass is 16.7. The van der Waals surface area contributed by atoms with E-state index in [-0.39, 0.29) is 16.8 Å². The van der Waals surface area contributed by atoms with Crippen LogP contribution < -0.4 is 0 Å². The van der Waals surface area contributed by atoms with Gasteiger partial charge in [0.1, 0.15) is 18.4 Å². The van der Waals surface area contributed by atoms with E-state index in [0.717, 1.165) is 36.6 Å². The number of fused-ring (bicyclic) bond motifs is 2. The number of aromatic amines is 1. The van der Waals surface area contributed by atoms with Crippen molar-refractivity contribution in [2.75, 3.05) is 13.7 Å². The van der Waals surface area contributed by atoms with Gasteiger partial charge in [0.25, 0.3) is 11.8 Å². The number of hydrogen-bond acceptors (Lipinski definition) is 12. The first-order valence-electron chi connectivity index (χ1n) is 15.3. The lowest BCUT2D eigenvalue weighted by atomic mass is 9.96. The molecule has 1 saturated heterocycles. The summed E-state index contributed by atoms with van der Waals surface area (Å²) in [4.78, 5) is 85.2. The number of H-pyrrole nitrogens is 1. The van der Waals surface area contributed by atoms with E-state index >= 15 is 0 Å². The van der Waals surface area contributed by atoms with Crippen LogP contribution in [0.15, 0.2) is 55.0 Å². The van der Waals surface area contributed by atoms with Gasteiger partial charge in [0.2, 0.25) is 0 Å². The lowest BCUT2D eigenvalue weighted by Gasteiger charge is -2.44. The fraction of sp³-hybridized carbons (Fsp3) is 0.324. The third kappa shape index (κ3) is 6.04. The van der Waals surface area contributed by atoms with E-state index in [1.165, 1.54) is 30.9 Å². The standard InChI is InChI=1S/C34H32N4O11/c1-16(39)45-15-25-28(46-17(2)40)29(47-18(3)41)30(48-19(4)42)34(49-25)38-14-23(21-10-8-12-35-31(21)38)27-26(32(43)37(5)33(27)44)22-13-36-24-11-7-6-9-20(22)24/h6-14,25,28-30,34,36H,15H2,1-5H3/t25-,28-,29+,30-,34-/m1/s1. The van der Waals surface area contributed by atoms with Gasteiger partial charge in [0.05, 0.1) is 11.1 Å². The third-order valence-corrected chi connectivity index (χ3v) is 8.24. The molecule has 0 bridgehead atoms. The van der Waals surface area contributed by atoms with Gasteiger partial charge < -0.3 is 33.2 Å². The Kier molecular flexibility index (Phi) is 8.77. The van der Waals surface area contributed by atoms with Gasteiger partial charge in [-0.25, -0.2) is 4.98 Å². The molecular weight excluding hydrogens is 640 g/mol. The number of carbonyl (C=O) groups excluding carboxylic acids is 6. The number of pyridine rings is 1. The Balaban J connectivity index is 1.58. The van der Waals surface area contributed by atoms with Crippen molar-refractivity contribution >= 4 is 68.8 Å². The Morgan fingerprint density at radius 2 is 1.41 bits per heavy atom. The second-order valence-corrected chi connectivity index (χ2v) is 11.6. The third-order valence-electron chi connectivity index (χ3n) is 8.24. The van der Waals surface area contributed by atoms with Crippen LogP contribution in [0.2, 0.25) is 0 Å². The number of hydrogen-bond donors (Lipinski definition) is 1. The minimum atomic E-state index is -1.43. The Hall–Kier alpha value is -5.83. The van der Waals surface area contributed by atoms with E-state index in [0.29, 0.717) is 16.5 Å². The number of ether oxygens (including phenoxy) is 5. The van der Waals surface area contributed by atoms with Crippen LogP contribution in [0.1, 0.15) is 45.0 Å². The van der Waals surface area contributed by atoms with Crippen LogP contribution in [-0.4, -0.2) is 93.2 Å². The van der Waals surface area contributed by atoms with Crippen molar-refractivity contribution in [2.45, 2.75) is 58.3 Å². The second-order valence-electron chi connectivity index (χ2n) is 11.6. The van der Waals surface area contributed by atoms with Crippen molar-refractivity contribution in [3.8, 4) is 0 Å². The number of amides is 2. The maximum atomic E-state index is 13.9. The fourth-order valence-electron chi connectivity index (χ4n) is 6.32. The van der Waals surface area contributed by atoms with Crippen LogP contribution in [0.25, 0.3) is 33.1 Å². The largest absolute Gasteiger partial charge is 0.463 e. The Morgan fingerprint density at radius 1 is 0.796 bits per heavy atom. The monoisotopic (exact) mass is 672 g/mol. The highest BCUT2D eigenvalue weighted by molar-refractivity contribution is 6.50. The first kappa shape index (κ1) is 33.1. The molecule has 0 unspecified atom stereocenters. The molecule has 2 aliphatic rings. The van der Waals surface area contributed by atoms with Crippen LogP contribution in [-0.2, 0) is 52.5 Å². The van der Waals surface area contributed by atoms with Crippen LogP contribution in [0.5, 0.6) is 0 Å². The summed E-state index contributed by atoms with van der Waals surface area (Å²) in [5.41, 5.74) is 2.11. The van der Waals surface area contributed by atoms with Gasteiger partial charge in [-0.1, -0.05) is 18.2 Å². The molecule has 15 nitrogen and oxygen atoms in total. The number of nitrogens with one attached hydrogen (secondary N) is 1. The number of imide groups is 1. The Labute approximate surface area is 278 Å². The molecule has 5 atom stereocenters. The molecule has 3 aromatic heterocycles. The summed E-state index contributed by atoms with van der Waals surface area (Å²) in [5.74, 6) is -4.05. The van der Waals surface area contributed by atoms with E-state index < -0.39 is 72.9 Å². The average molecular weight is 673 g/mol. The predicted octanol–water partition coefficient (Wildman–Crippen LogP) is 2.68. The van der Waals surface area contributed by atoms with Crippen molar-refractivity contribution in [2.24, 2.45) is 0 Å². The number of esters is 4. The normalized spacial score (nSPS) is 22.5. The zero-order valence-corrected chi connectivity index (χ0v) is 27.1. The van der Waals surface area contributed by atoms with Gasteiger partial charge >= 0.3 is 23.9 Å². The minimum absolute atomic E-state index is 0.0969. The van der Waals surface area contributed by atoms with Crippen LogP contribution in [0.4, 0.5) is 0 Å². The topological polar surface area (TPSA) is 185 Å². The molecule has 0 saturated carbocycles. The van der Waals surface area contributed by atoms with Crippen molar-refractivity contribution in [1.29, 1.82) is 0 Å². The number of rotatable bonds is 8. The first-order valence-corrected chi connectivity index (χ1v) is 15.3. The summed E-state index contributed by atoms with van der Waals surface area (Å²) in [6.45, 7) is 4.15. The molecule has 6 rings (SSSR count). The van der Waals surface area contributed by atoms with Crippen LogP contribution in [0, 0.1) is 0 Å². The summed E-state index contributed by atoms with van der Waals surface area (Å²) in [6.07, 6.45) is -2.10. The number of nitrogens with zero attached hydrogens (tertiary/aromatic N) is 3. The molecular formula is C34H32N4O11. The highest BCUT2D eigenvalue weighted by Crippen LogP contribution is 2.43. The quantitative estimate of drug-likeness (QED) is 0.164. The first-order chi connectivity index (χ1) is 23.4. The second kappa shape index (κ2) is 13.0. The number of likely N-dealkylation sites (N-methyl/N-ethyl adjacent to an activating group) is 1. The summed E-state index contributed by atoms with van der Waals surface area (Å²) in [7, 11) is 1.39. The SMILES string of the molecule is CC(=O)OC[C@H]1O[C@@H](n2cc(C3=C(c4c[nH]c5ccccc45)C(=O)N(C)C3=O)c3cccnc32)[C@H](OC(C)=O)[C@@H](OC(C)=O)[C@@H]1OC(C)=O. The summed E-state index contributed by atoms with van der Waals surface area (Å²) in [6, 6.07) is 10.7. The van der Waals surface area contributed by atoms with Gasteiger partial charge in [0, 0.05) is 80.7 Å². The molecule has 4 aromatic rings. The van der Waals surface area contributed by atoms with Crippen LogP contribution in [0.3, 0.4) is 0 Å². The zero-order valence-electron chi connectivity index (χ0n) is 27.1. The van der Waals surface area contributed by atoms with Gasteiger partial charge in [-0.05, 0) is 18.2 Å². The van der Waals surface area contributed by atoms with Crippen molar-refractivity contribution in [1.82, 2.24) is 19.4 Å². The van der Waals surface area contributed by atoms with E-state index in [1.54, 1.807) is 18.3 Å². The molecule has 49 heavy (non-hydrogen) atoms. The maximum absolute atomic E-state index is 13.9. The van der Waals surface area contributed by atoms with E-state index in [2.05, 4.69) is 9.97 Å². The number of benzene rings is 1. The van der Waals surface area contributed by atoms with Gasteiger partial charge in [-0.15, -0.1) is 0 Å². The van der Waals surface area contributed by atoms with Gasteiger partial charge in [-0.2, -0.15) is 0 Å². The molecule has 254 valence electrons. The highest BCUT2D eigenvalue weighted by Gasteiger charge is 2.53. The fourth-order valence-corrected chi connectivity index (χ4v) is 6.32. The van der Waals surface area contributed by atoms with E-state index in [9.17, 15) is 28.8 Å². The Morgan fingerprint density at radius 3 is 2.08 bits per heavy atom. The van der Waals surface area contributed by atoms with Crippen molar-refractivity contribution in [3.63, 3.8) is 0 Å². The predicted molar refractivity (Wildman–Crippen MR) is 170 cm³/mol. The molecule has 1 N–H and O–H groups in total. The summed E-state index contributed by atoms with van der Waals surface area (Å²) < 4.78 is 29.9. The molecule has 0 radical (unpaired) electrons. The number of aromatic nitrogens is 3. The molecule has 2 amide bonds. The maximum Gasteiger partial charge on any atom is 0.303 e. The molecule has 0 spiro atoms. The molecule has 0 aliphatic carbocycles. The molecule has 2 aliphatic heterocycles. The smallest absolute Gasteiger partial charge is 0.303 e. The average Bonchev–Trinajstić information content (AvgIpc) is 3.70. The van der Waals surface area contributed by atoms with E-state index in [1.807, 2.05) is 24.3 Å². The number of carbonyl (C=O) groups is 6. The van der Waals surface area contributed by atoms with E-state index in [4.69, 9.17) is 23.7 Å². The van der Waals surface area contributed by atoms with Crippen molar-refractivity contribution < 1.29 is 52.5 Å². The molecule has 5 heterocycles.